The average Bonchev–Trinajstić information content (AvgIpc) is 2.84. The summed E-state index contributed by atoms with van der Waals surface area (Å²) in [5, 5.41) is 0.370. The molecule has 2 aliphatic rings. The number of anilines is 1. The molecule has 2 amide bonds. The number of hydrogen-bond acceptors (Lipinski definition) is 6. The molecule has 2 aliphatic heterocycles. The second-order valence-corrected chi connectivity index (χ2v) is 8.25. The van der Waals surface area contributed by atoms with E-state index in [1.165, 1.54) is 10.5 Å². The number of ether oxygens (including phenoxy) is 2. The molecule has 9 heteroatoms. The highest BCUT2D eigenvalue weighted by molar-refractivity contribution is 6.29. The molecule has 0 radical (unpaired) electrons. The van der Waals surface area contributed by atoms with Crippen molar-refractivity contribution in [3.05, 3.63) is 64.9 Å². The second-order valence-electron chi connectivity index (χ2n) is 7.86. The predicted molar refractivity (Wildman–Crippen MR) is 122 cm³/mol. The van der Waals surface area contributed by atoms with Gasteiger partial charge in [0.25, 0.3) is 5.91 Å². The van der Waals surface area contributed by atoms with E-state index in [2.05, 4.69) is 9.97 Å². The quantitative estimate of drug-likeness (QED) is 0.551. The highest BCUT2D eigenvalue weighted by Crippen LogP contribution is 2.34. The Kier molecular flexibility index (Phi) is 5.60. The third kappa shape index (κ3) is 4.21. The Bertz CT molecular complexity index is 1250. The normalized spacial score (nSPS) is 14.9. The molecule has 0 atom stereocenters. The van der Waals surface area contributed by atoms with Crippen LogP contribution in [0.5, 0.6) is 11.5 Å². The number of carbonyl (C=O) groups excluding carboxylic acids is 2. The van der Waals surface area contributed by atoms with E-state index in [4.69, 9.17) is 21.1 Å². The number of benzene rings is 1. The van der Waals surface area contributed by atoms with Gasteiger partial charge in [0.2, 0.25) is 5.91 Å². The van der Waals surface area contributed by atoms with Crippen molar-refractivity contribution in [2.24, 2.45) is 0 Å². The van der Waals surface area contributed by atoms with Crippen LogP contribution >= 0.6 is 11.6 Å². The minimum Gasteiger partial charge on any atom is -0.497 e. The fourth-order valence-electron chi connectivity index (χ4n) is 4.06. The summed E-state index contributed by atoms with van der Waals surface area (Å²) in [6, 6.07) is 13.0. The summed E-state index contributed by atoms with van der Waals surface area (Å²) in [6.45, 7) is 0.810. The van der Waals surface area contributed by atoms with Crippen LogP contribution in [0.25, 0.3) is 11.3 Å². The third-order valence-electron chi connectivity index (χ3n) is 5.82. The fraction of sp³-hybridized carbons (Fsp3) is 0.250. The van der Waals surface area contributed by atoms with Gasteiger partial charge in [-0.3, -0.25) is 14.5 Å². The summed E-state index contributed by atoms with van der Waals surface area (Å²) >= 11 is 6.00. The van der Waals surface area contributed by atoms with Crippen LogP contribution in [0.4, 0.5) is 5.82 Å². The molecule has 0 bridgehead atoms. The lowest BCUT2D eigenvalue weighted by molar-refractivity contribution is -0.132. The van der Waals surface area contributed by atoms with Crippen LogP contribution in [0, 0.1) is 0 Å². The van der Waals surface area contributed by atoms with Crippen LogP contribution < -0.4 is 14.4 Å². The Hall–Kier alpha value is -3.65. The van der Waals surface area contributed by atoms with Gasteiger partial charge in [-0.2, -0.15) is 0 Å². The first-order valence-electron chi connectivity index (χ1n) is 10.5. The van der Waals surface area contributed by atoms with E-state index in [0.717, 1.165) is 17.7 Å². The lowest BCUT2D eigenvalue weighted by atomic mass is 9.99. The topological polar surface area (TPSA) is 84.9 Å². The molecule has 3 aromatic rings. The van der Waals surface area contributed by atoms with Gasteiger partial charge in [0.1, 0.15) is 17.4 Å². The van der Waals surface area contributed by atoms with E-state index < -0.39 is 0 Å². The van der Waals surface area contributed by atoms with E-state index in [0.29, 0.717) is 41.1 Å². The van der Waals surface area contributed by atoms with E-state index in [1.807, 2.05) is 24.3 Å². The van der Waals surface area contributed by atoms with Gasteiger partial charge in [0.05, 0.1) is 12.8 Å². The van der Waals surface area contributed by atoms with Crippen LogP contribution in [0.15, 0.2) is 48.7 Å². The Morgan fingerprint density at radius 2 is 2.09 bits per heavy atom. The lowest BCUT2D eigenvalue weighted by Gasteiger charge is -2.33. The van der Waals surface area contributed by atoms with Gasteiger partial charge >= 0.3 is 0 Å². The van der Waals surface area contributed by atoms with Crippen molar-refractivity contribution >= 4 is 29.2 Å². The summed E-state index contributed by atoms with van der Waals surface area (Å²) in [6.07, 6.45) is 2.35. The molecule has 4 heterocycles. The van der Waals surface area contributed by atoms with Gasteiger partial charge < -0.3 is 14.4 Å². The van der Waals surface area contributed by atoms with Crippen molar-refractivity contribution in [1.29, 1.82) is 0 Å². The van der Waals surface area contributed by atoms with Crippen molar-refractivity contribution in [2.45, 2.75) is 13.0 Å². The van der Waals surface area contributed by atoms with Crippen molar-refractivity contribution in [1.82, 2.24) is 14.9 Å². The summed E-state index contributed by atoms with van der Waals surface area (Å²) in [5.74, 6) is 1.05. The first kappa shape index (κ1) is 21.2. The molecule has 0 saturated heterocycles. The summed E-state index contributed by atoms with van der Waals surface area (Å²) in [4.78, 5) is 37.6. The van der Waals surface area contributed by atoms with Crippen molar-refractivity contribution in [3.8, 4) is 22.8 Å². The maximum absolute atomic E-state index is 13.1. The molecule has 0 spiro atoms. The SMILES string of the molecule is COc1ccc2c(c1)CN(C(=O)CN1C(=O)COc3cc(-c4cccc(Cl)n4)cnc31)CC2. The number of halogens is 1. The minimum absolute atomic E-state index is 0.101. The largest absolute Gasteiger partial charge is 0.497 e. The van der Waals surface area contributed by atoms with Gasteiger partial charge in [-0.15, -0.1) is 0 Å². The van der Waals surface area contributed by atoms with Gasteiger partial charge in [-0.1, -0.05) is 23.7 Å². The number of methoxy groups -OCH3 is 1. The van der Waals surface area contributed by atoms with Crippen molar-refractivity contribution in [3.63, 3.8) is 0 Å². The Morgan fingerprint density at radius 3 is 2.91 bits per heavy atom. The third-order valence-corrected chi connectivity index (χ3v) is 6.03. The fourth-order valence-corrected chi connectivity index (χ4v) is 4.23. The molecular weight excluding hydrogens is 444 g/mol. The first-order valence-corrected chi connectivity index (χ1v) is 10.9. The molecule has 2 aromatic heterocycles. The number of hydrogen-bond donors (Lipinski definition) is 0. The summed E-state index contributed by atoms with van der Waals surface area (Å²) in [5.41, 5.74) is 3.61. The molecule has 0 fully saturated rings. The number of aromatic nitrogens is 2. The maximum atomic E-state index is 13.1. The monoisotopic (exact) mass is 464 g/mol. The van der Waals surface area contributed by atoms with Crippen LogP contribution in [-0.2, 0) is 22.6 Å². The number of nitrogens with zero attached hydrogens (tertiary/aromatic N) is 4. The summed E-state index contributed by atoms with van der Waals surface area (Å²) in [7, 11) is 1.62. The Balaban J connectivity index is 1.36. The van der Waals surface area contributed by atoms with Gasteiger partial charge in [0.15, 0.2) is 18.2 Å². The molecule has 33 heavy (non-hydrogen) atoms. The molecule has 0 aliphatic carbocycles. The smallest absolute Gasteiger partial charge is 0.266 e. The van der Waals surface area contributed by atoms with Crippen LogP contribution in [0.3, 0.4) is 0 Å². The van der Waals surface area contributed by atoms with E-state index >= 15 is 0 Å². The highest BCUT2D eigenvalue weighted by atomic mass is 35.5. The van der Waals surface area contributed by atoms with Crippen LogP contribution in [0.2, 0.25) is 5.15 Å². The van der Waals surface area contributed by atoms with Gasteiger partial charge in [-0.05, 0) is 47.9 Å². The zero-order chi connectivity index (χ0) is 22.9. The standard InChI is InChI=1S/C24H21ClN4O4/c1-32-18-6-5-15-7-8-28(12-17(15)9-18)22(30)13-29-23(31)14-33-20-10-16(11-26-24(20)29)19-3-2-4-21(25)27-19/h2-6,9-11H,7-8,12-14H2,1H3. The molecule has 8 nitrogen and oxygen atoms in total. The molecule has 5 rings (SSSR count). The van der Waals surface area contributed by atoms with Crippen molar-refractivity contribution in [2.75, 3.05) is 31.7 Å². The number of amides is 2. The Morgan fingerprint density at radius 1 is 1.21 bits per heavy atom. The molecule has 0 unspecified atom stereocenters. The van der Waals surface area contributed by atoms with Gasteiger partial charge in [0, 0.05) is 24.8 Å². The van der Waals surface area contributed by atoms with E-state index in [-0.39, 0.29) is 25.0 Å². The van der Waals surface area contributed by atoms with Crippen LogP contribution in [-0.4, -0.2) is 53.5 Å². The predicted octanol–water partition coefficient (Wildman–Crippen LogP) is 3.12. The molecule has 1 aromatic carbocycles. The van der Waals surface area contributed by atoms with E-state index in [9.17, 15) is 9.59 Å². The molecule has 0 saturated carbocycles. The molecule has 0 N–H and O–H groups in total. The first-order chi connectivity index (χ1) is 16.0. The van der Waals surface area contributed by atoms with E-state index in [1.54, 1.807) is 36.4 Å². The highest BCUT2D eigenvalue weighted by Gasteiger charge is 2.31. The molecule has 168 valence electrons. The number of rotatable bonds is 4. The average molecular weight is 465 g/mol. The number of fused-ring (bicyclic) bond motifs is 2. The van der Waals surface area contributed by atoms with Crippen molar-refractivity contribution < 1.29 is 19.1 Å². The Labute approximate surface area is 195 Å². The number of carbonyl (C=O) groups is 2. The summed E-state index contributed by atoms with van der Waals surface area (Å²) < 4.78 is 10.9. The number of pyridine rings is 2. The lowest BCUT2D eigenvalue weighted by Crippen LogP contribution is -2.47. The molecular formula is C24H21ClN4O4. The van der Waals surface area contributed by atoms with Gasteiger partial charge in [-0.25, -0.2) is 9.97 Å². The van der Waals surface area contributed by atoms with Crippen LogP contribution in [0.1, 0.15) is 11.1 Å². The zero-order valence-corrected chi connectivity index (χ0v) is 18.7. The maximum Gasteiger partial charge on any atom is 0.266 e. The zero-order valence-electron chi connectivity index (χ0n) is 18.0. The minimum atomic E-state index is -0.309. The second kappa shape index (κ2) is 8.71.